The van der Waals surface area contributed by atoms with E-state index in [4.69, 9.17) is 14.2 Å². The van der Waals surface area contributed by atoms with Crippen molar-refractivity contribution in [3.05, 3.63) is 46.8 Å². The van der Waals surface area contributed by atoms with E-state index in [-0.39, 0.29) is 27.6 Å². The Kier molecular flexibility index (Phi) is 6.99. The van der Waals surface area contributed by atoms with E-state index in [1.807, 2.05) is 0 Å². The number of sulfone groups is 1. The number of carbonyl (C=O) groups is 2. The first-order chi connectivity index (χ1) is 15.2. The van der Waals surface area contributed by atoms with Crippen LogP contribution in [0, 0.1) is 0 Å². The summed E-state index contributed by atoms with van der Waals surface area (Å²) in [6, 6.07) is 9.13. The van der Waals surface area contributed by atoms with Gasteiger partial charge in [0.2, 0.25) is 0 Å². The van der Waals surface area contributed by atoms with E-state index in [2.05, 4.69) is 4.99 Å². The highest BCUT2D eigenvalue weighted by atomic mass is 32.2. The molecule has 0 aliphatic heterocycles. The van der Waals surface area contributed by atoms with E-state index in [0.29, 0.717) is 21.7 Å². The number of fused-ring (bicyclic) bond motifs is 1. The number of hydrogen-bond donors (Lipinski definition) is 0. The van der Waals surface area contributed by atoms with Crippen LogP contribution in [0.25, 0.3) is 10.2 Å². The standard InChI is InChI=1S/C21H22N2O7S2/c1-5-32(26,27)14-8-6-7-13(9-14)20(25)22-21-23(12-19(24)30-4)15-10-16(28-2)17(29-3)11-18(15)31-21/h6-11H,5,12H2,1-4H3. The maximum absolute atomic E-state index is 12.9. The van der Waals surface area contributed by atoms with Crippen molar-refractivity contribution in [2.24, 2.45) is 4.99 Å². The van der Waals surface area contributed by atoms with Crippen LogP contribution in [0.1, 0.15) is 17.3 Å². The lowest BCUT2D eigenvalue weighted by molar-refractivity contribution is -0.141. The van der Waals surface area contributed by atoms with Gasteiger partial charge in [-0.2, -0.15) is 4.99 Å². The molecule has 0 N–H and O–H groups in total. The molecule has 11 heteroatoms. The highest BCUT2D eigenvalue weighted by Crippen LogP contribution is 2.33. The second-order valence-corrected chi connectivity index (χ2v) is 9.86. The molecule has 0 bridgehead atoms. The van der Waals surface area contributed by atoms with Crippen LogP contribution in [0.4, 0.5) is 0 Å². The SMILES string of the molecule is CCS(=O)(=O)c1cccc(C(=O)N=c2sc3cc(OC)c(OC)cc3n2CC(=O)OC)c1. The number of nitrogens with zero attached hydrogens (tertiary/aromatic N) is 2. The minimum atomic E-state index is -3.48. The van der Waals surface area contributed by atoms with E-state index in [1.54, 1.807) is 16.7 Å². The summed E-state index contributed by atoms with van der Waals surface area (Å²) < 4.78 is 42.0. The Hall–Kier alpha value is -3.18. The van der Waals surface area contributed by atoms with Crippen molar-refractivity contribution in [1.29, 1.82) is 0 Å². The Morgan fingerprint density at radius 3 is 2.38 bits per heavy atom. The first-order valence-corrected chi connectivity index (χ1v) is 11.9. The monoisotopic (exact) mass is 478 g/mol. The fourth-order valence-electron chi connectivity index (χ4n) is 2.97. The lowest BCUT2D eigenvalue weighted by Gasteiger charge is -2.09. The summed E-state index contributed by atoms with van der Waals surface area (Å²) in [7, 11) is 0.789. The van der Waals surface area contributed by atoms with Crippen LogP contribution in [-0.4, -0.2) is 51.9 Å². The average molecular weight is 479 g/mol. The van der Waals surface area contributed by atoms with Crippen LogP contribution >= 0.6 is 11.3 Å². The van der Waals surface area contributed by atoms with Gasteiger partial charge in [0.25, 0.3) is 5.91 Å². The highest BCUT2D eigenvalue weighted by Gasteiger charge is 2.17. The number of ether oxygens (including phenoxy) is 3. The summed E-state index contributed by atoms with van der Waals surface area (Å²) in [6.07, 6.45) is 0. The van der Waals surface area contributed by atoms with Crippen LogP contribution in [0.5, 0.6) is 11.5 Å². The number of esters is 1. The van der Waals surface area contributed by atoms with E-state index < -0.39 is 21.7 Å². The Morgan fingerprint density at radius 1 is 1.06 bits per heavy atom. The highest BCUT2D eigenvalue weighted by molar-refractivity contribution is 7.91. The largest absolute Gasteiger partial charge is 0.493 e. The zero-order valence-electron chi connectivity index (χ0n) is 17.9. The molecule has 0 radical (unpaired) electrons. The van der Waals surface area contributed by atoms with E-state index >= 15 is 0 Å². The van der Waals surface area contributed by atoms with Crippen molar-refractivity contribution >= 4 is 43.3 Å². The van der Waals surface area contributed by atoms with Crippen LogP contribution in [-0.2, 0) is 25.9 Å². The molecule has 1 amide bonds. The van der Waals surface area contributed by atoms with Gasteiger partial charge in [0.1, 0.15) is 6.54 Å². The average Bonchev–Trinajstić information content (AvgIpc) is 3.13. The minimum absolute atomic E-state index is 0.0503. The lowest BCUT2D eigenvalue weighted by Crippen LogP contribution is -2.22. The zero-order valence-corrected chi connectivity index (χ0v) is 19.6. The molecule has 3 aromatic rings. The molecule has 2 aromatic carbocycles. The van der Waals surface area contributed by atoms with Crippen molar-refractivity contribution in [3.63, 3.8) is 0 Å². The summed E-state index contributed by atoms with van der Waals surface area (Å²) in [5.74, 6) is -0.304. The molecule has 1 heterocycles. The van der Waals surface area contributed by atoms with Crippen molar-refractivity contribution in [2.75, 3.05) is 27.1 Å². The van der Waals surface area contributed by atoms with Gasteiger partial charge in [-0.25, -0.2) is 8.42 Å². The molecule has 0 aliphatic carbocycles. The van der Waals surface area contributed by atoms with Gasteiger partial charge < -0.3 is 18.8 Å². The quantitative estimate of drug-likeness (QED) is 0.479. The third kappa shape index (κ3) is 4.68. The molecular weight excluding hydrogens is 456 g/mol. The van der Waals surface area contributed by atoms with Crippen LogP contribution < -0.4 is 14.3 Å². The summed E-state index contributed by atoms with van der Waals surface area (Å²) in [4.78, 5) is 29.4. The second kappa shape index (κ2) is 9.53. The first kappa shape index (κ1) is 23.5. The molecule has 9 nitrogen and oxygen atoms in total. The second-order valence-electron chi connectivity index (χ2n) is 6.57. The Balaban J connectivity index is 2.18. The molecule has 0 aliphatic rings. The third-order valence-electron chi connectivity index (χ3n) is 4.72. The third-order valence-corrected chi connectivity index (χ3v) is 7.49. The summed E-state index contributed by atoms with van der Waals surface area (Å²) in [5.41, 5.74) is 0.726. The zero-order chi connectivity index (χ0) is 23.5. The molecule has 0 fully saturated rings. The van der Waals surface area contributed by atoms with Crippen molar-refractivity contribution in [3.8, 4) is 11.5 Å². The molecule has 0 atom stereocenters. The lowest BCUT2D eigenvalue weighted by atomic mass is 10.2. The minimum Gasteiger partial charge on any atom is -0.493 e. The van der Waals surface area contributed by atoms with Crippen molar-refractivity contribution in [1.82, 2.24) is 4.57 Å². The Morgan fingerprint density at radius 2 is 1.75 bits per heavy atom. The van der Waals surface area contributed by atoms with Gasteiger partial charge in [0.15, 0.2) is 26.1 Å². The van der Waals surface area contributed by atoms with Gasteiger partial charge in [-0.05, 0) is 18.2 Å². The smallest absolute Gasteiger partial charge is 0.325 e. The molecule has 32 heavy (non-hydrogen) atoms. The summed E-state index contributed by atoms with van der Waals surface area (Å²) in [5, 5.41) is 0. The fraction of sp³-hybridized carbons (Fsp3) is 0.286. The van der Waals surface area contributed by atoms with E-state index in [1.165, 1.54) is 63.9 Å². The molecule has 0 saturated heterocycles. The van der Waals surface area contributed by atoms with Crippen LogP contribution in [0.2, 0.25) is 0 Å². The molecule has 3 rings (SSSR count). The van der Waals surface area contributed by atoms with Crippen LogP contribution in [0.15, 0.2) is 46.3 Å². The number of hydrogen-bond acceptors (Lipinski definition) is 8. The van der Waals surface area contributed by atoms with E-state index in [9.17, 15) is 18.0 Å². The number of amides is 1. The van der Waals surface area contributed by atoms with Gasteiger partial charge in [0, 0.05) is 17.7 Å². The van der Waals surface area contributed by atoms with Crippen molar-refractivity contribution < 1.29 is 32.2 Å². The Labute approximate surface area is 188 Å². The van der Waals surface area contributed by atoms with Gasteiger partial charge >= 0.3 is 5.97 Å². The number of thiazole rings is 1. The number of methoxy groups -OCH3 is 3. The first-order valence-electron chi connectivity index (χ1n) is 9.48. The number of benzene rings is 2. The predicted octanol–water partition coefficient (Wildman–Crippen LogP) is 2.43. The van der Waals surface area contributed by atoms with E-state index in [0.717, 1.165) is 0 Å². The molecule has 0 unspecified atom stereocenters. The summed E-state index contributed by atoms with van der Waals surface area (Å²) in [6.45, 7) is 1.35. The fourth-order valence-corrected chi connectivity index (χ4v) is 4.93. The van der Waals surface area contributed by atoms with Gasteiger partial charge in [-0.15, -0.1) is 0 Å². The normalized spacial score (nSPS) is 12.1. The Bertz CT molecular complexity index is 1350. The maximum atomic E-state index is 12.9. The van der Waals surface area contributed by atoms with Gasteiger partial charge in [0.05, 0.1) is 42.2 Å². The molecular formula is C21H22N2O7S2. The molecule has 1 aromatic heterocycles. The topological polar surface area (TPSA) is 113 Å². The van der Waals surface area contributed by atoms with Crippen molar-refractivity contribution in [2.45, 2.75) is 18.4 Å². The predicted molar refractivity (Wildman–Crippen MR) is 119 cm³/mol. The van der Waals surface area contributed by atoms with Crippen LogP contribution in [0.3, 0.4) is 0 Å². The number of aromatic nitrogens is 1. The molecule has 170 valence electrons. The van der Waals surface area contributed by atoms with Gasteiger partial charge in [-0.1, -0.05) is 24.3 Å². The number of carbonyl (C=O) groups excluding carboxylic acids is 2. The summed E-state index contributed by atoms with van der Waals surface area (Å²) >= 11 is 1.18. The molecule has 0 saturated carbocycles. The maximum Gasteiger partial charge on any atom is 0.325 e. The van der Waals surface area contributed by atoms with Gasteiger partial charge in [-0.3, -0.25) is 9.59 Å². The number of rotatable bonds is 7. The molecule has 0 spiro atoms.